The summed E-state index contributed by atoms with van der Waals surface area (Å²) >= 11 is 1.55. The minimum absolute atomic E-state index is 0.267. The lowest BCUT2D eigenvalue weighted by Gasteiger charge is -2.12. The Morgan fingerprint density at radius 1 is 1.03 bits per heavy atom. The van der Waals surface area contributed by atoms with E-state index in [0.29, 0.717) is 24.7 Å². The molecule has 0 amide bonds. The second kappa shape index (κ2) is 9.37. The normalized spacial score (nSPS) is 11.1. The summed E-state index contributed by atoms with van der Waals surface area (Å²) in [5.74, 6) is 0.984. The summed E-state index contributed by atoms with van der Waals surface area (Å²) in [6.45, 7) is 2.75. The maximum atomic E-state index is 13.0. The molecular weight excluding hydrogens is 401 g/mol. The van der Waals surface area contributed by atoms with Crippen molar-refractivity contribution in [3.63, 3.8) is 0 Å². The number of aromatic nitrogens is 1. The quantitative estimate of drug-likeness (QED) is 0.286. The molecule has 3 aromatic carbocycles. The minimum atomic E-state index is -0.267. The number of nitrogens with one attached hydrogen (secondary N) is 1. The van der Waals surface area contributed by atoms with E-state index in [1.807, 2.05) is 49.4 Å². The van der Waals surface area contributed by atoms with Crippen LogP contribution < -0.4 is 14.9 Å². The zero-order chi connectivity index (χ0) is 20.8. The number of benzene rings is 3. The molecule has 30 heavy (non-hydrogen) atoms. The van der Waals surface area contributed by atoms with Gasteiger partial charge in [0.2, 0.25) is 5.13 Å². The molecule has 0 aliphatic carbocycles. The fourth-order valence-electron chi connectivity index (χ4n) is 2.82. The van der Waals surface area contributed by atoms with Crippen LogP contribution in [-0.2, 0) is 6.61 Å². The van der Waals surface area contributed by atoms with Crippen molar-refractivity contribution in [2.45, 2.75) is 13.5 Å². The second-order valence-electron chi connectivity index (χ2n) is 6.41. The van der Waals surface area contributed by atoms with Crippen LogP contribution in [0.4, 0.5) is 9.52 Å². The Hall–Kier alpha value is -3.45. The molecule has 7 heteroatoms. The third-order valence-corrected chi connectivity index (χ3v) is 5.18. The van der Waals surface area contributed by atoms with E-state index in [1.54, 1.807) is 29.7 Å². The van der Waals surface area contributed by atoms with Crippen LogP contribution in [0.3, 0.4) is 0 Å². The van der Waals surface area contributed by atoms with E-state index in [0.717, 1.165) is 26.5 Å². The molecule has 5 nitrogen and oxygen atoms in total. The van der Waals surface area contributed by atoms with E-state index in [2.05, 4.69) is 15.5 Å². The number of hydrogen-bond acceptors (Lipinski definition) is 6. The smallest absolute Gasteiger partial charge is 0.204 e. The van der Waals surface area contributed by atoms with Crippen LogP contribution in [0.15, 0.2) is 71.8 Å². The van der Waals surface area contributed by atoms with Gasteiger partial charge in [0.25, 0.3) is 0 Å². The average Bonchev–Trinajstić information content (AvgIpc) is 3.17. The molecule has 0 fully saturated rings. The van der Waals surface area contributed by atoms with E-state index in [9.17, 15) is 4.39 Å². The highest BCUT2D eigenvalue weighted by Crippen LogP contribution is 2.29. The van der Waals surface area contributed by atoms with Crippen molar-refractivity contribution in [2.24, 2.45) is 5.10 Å². The molecule has 0 radical (unpaired) electrons. The van der Waals surface area contributed by atoms with Gasteiger partial charge in [-0.25, -0.2) is 9.37 Å². The molecule has 0 aliphatic rings. The molecule has 0 saturated carbocycles. The van der Waals surface area contributed by atoms with Crippen LogP contribution in [0.1, 0.15) is 18.1 Å². The summed E-state index contributed by atoms with van der Waals surface area (Å²) in [5.41, 5.74) is 5.66. The van der Waals surface area contributed by atoms with Crippen LogP contribution in [-0.4, -0.2) is 17.8 Å². The number of anilines is 1. The zero-order valence-corrected chi connectivity index (χ0v) is 17.2. The summed E-state index contributed by atoms with van der Waals surface area (Å²) in [6.07, 6.45) is 1.71. The van der Waals surface area contributed by atoms with Crippen molar-refractivity contribution in [1.82, 2.24) is 4.98 Å². The Morgan fingerprint density at radius 3 is 2.67 bits per heavy atom. The van der Waals surface area contributed by atoms with Gasteiger partial charge in [0.15, 0.2) is 11.5 Å². The number of hydrogen-bond donors (Lipinski definition) is 1. The Bertz CT molecular complexity index is 1130. The number of para-hydroxylation sites is 1. The van der Waals surface area contributed by atoms with E-state index in [1.165, 1.54) is 12.1 Å². The van der Waals surface area contributed by atoms with Gasteiger partial charge in [-0.2, -0.15) is 5.10 Å². The van der Waals surface area contributed by atoms with Crippen molar-refractivity contribution in [2.75, 3.05) is 12.0 Å². The third-order valence-electron chi connectivity index (χ3n) is 4.24. The lowest BCUT2D eigenvalue weighted by atomic mass is 10.2. The van der Waals surface area contributed by atoms with Crippen LogP contribution in [0, 0.1) is 5.82 Å². The highest BCUT2D eigenvalue weighted by molar-refractivity contribution is 7.22. The number of hydrazone groups is 1. The Morgan fingerprint density at radius 2 is 1.87 bits per heavy atom. The summed E-state index contributed by atoms with van der Waals surface area (Å²) in [4.78, 5) is 4.49. The monoisotopic (exact) mass is 421 g/mol. The molecule has 4 aromatic rings. The first kappa shape index (κ1) is 19.8. The third kappa shape index (κ3) is 4.93. The molecule has 152 valence electrons. The van der Waals surface area contributed by atoms with E-state index in [4.69, 9.17) is 9.47 Å². The molecule has 1 N–H and O–H groups in total. The molecule has 1 heterocycles. The van der Waals surface area contributed by atoms with Gasteiger partial charge in [0.1, 0.15) is 12.4 Å². The highest BCUT2D eigenvalue weighted by atomic mass is 32.1. The molecule has 0 bridgehead atoms. The van der Waals surface area contributed by atoms with Crippen molar-refractivity contribution in [3.8, 4) is 11.5 Å². The molecule has 0 aliphatic heterocycles. The number of fused-ring (bicyclic) bond motifs is 1. The van der Waals surface area contributed by atoms with Crippen LogP contribution in [0.25, 0.3) is 10.2 Å². The Kier molecular flexibility index (Phi) is 6.20. The van der Waals surface area contributed by atoms with Crippen molar-refractivity contribution in [1.29, 1.82) is 0 Å². The first-order chi connectivity index (χ1) is 14.7. The highest BCUT2D eigenvalue weighted by Gasteiger charge is 2.07. The van der Waals surface area contributed by atoms with Gasteiger partial charge in [-0.05, 0) is 60.5 Å². The number of nitrogens with zero attached hydrogens (tertiary/aromatic N) is 2. The van der Waals surface area contributed by atoms with Gasteiger partial charge >= 0.3 is 0 Å². The first-order valence-corrected chi connectivity index (χ1v) is 10.3. The van der Waals surface area contributed by atoms with Gasteiger partial charge in [0, 0.05) is 0 Å². The van der Waals surface area contributed by atoms with Crippen molar-refractivity contribution >= 4 is 32.9 Å². The van der Waals surface area contributed by atoms with E-state index < -0.39 is 0 Å². The van der Waals surface area contributed by atoms with Crippen LogP contribution in [0.5, 0.6) is 11.5 Å². The fourth-order valence-corrected chi connectivity index (χ4v) is 3.63. The average molecular weight is 421 g/mol. The number of halogens is 1. The van der Waals surface area contributed by atoms with Crippen LogP contribution >= 0.6 is 11.3 Å². The summed E-state index contributed by atoms with van der Waals surface area (Å²) in [7, 11) is 0. The van der Waals surface area contributed by atoms with Gasteiger partial charge < -0.3 is 9.47 Å². The van der Waals surface area contributed by atoms with Gasteiger partial charge in [0.05, 0.1) is 23.0 Å². The maximum absolute atomic E-state index is 13.0. The summed E-state index contributed by atoms with van der Waals surface area (Å²) in [5, 5.41) is 5.01. The van der Waals surface area contributed by atoms with Gasteiger partial charge in [-0.1, -0.05) is 35.6 Å². The largest absolute Gasteiger partial charge is 0.490 e. The molecule has 0 unspecified atom stereocenters. The first-order valence-electron chi connectivity index (χ1n) is 9.50. The van der Waals surface area contributed by atoms with Gasteiger partial charge in [-0.3, -0.25) is 5.43 Å². The van der Waals surface area contributed by atoms with Gasteiger partial charge in [-0.15, -0.1) is 0 Å². The summed E-state index contributed by atoms with van der Waals surface area (Å²) < 4.78 is 25.7. The molecule has 0 atom stereocenters. The lowest BCUT2D eigenvalue weighted by Crippen LogP contribution is -2.00. The van der Waals surface area contributed by atoms with Crippen LogP contribution in [0.2, 0.25) is 0 Å². The SMILES string of the molecule is CCOc1cc(/C=N/Nc2nc3ccccc3s2)ccc1OCc1ccc(F)cc1. The maximum Gasteiger partial charge on any atom is 0.204 e. The standard InChI is InChI=1S/C23H20FN3O2S/c1-2-28-21-13-17(9-12-20(21)29-15-16-7-10-18(24)11-8-16)14-25-27-23-26-19-5-3-4-6-22(19)30-23/h3-14H,2,15H2,1H3,(H,26,27)/b25-14+. The number of thiazole rings is 1. The zero-order valence-electron chi connectivity index (χ0n) is 16.3. The molecule has 1 aromatic heterocycles. The topological polar surface area (TPSA) is 55.7 Å². The van der Waals surface area contributed by atoms with E-state index in [-0.39, 0.29) is 5.82 Å². The lowest BCUT2D eigenvalue weighted by molar-refractivity contribution is 0.269. The Balaban J connectivity index is 1.43. The number of rotatable bonds is 8. The second-order valence-corrected chi connectivity index (χ2v) is 7.44. The number of ether oxygens (including phenoxy) is 2. The fraction of sp³-hybridized carbons (Fsp3) is 0.130. The molecule has 4 rings (SSSR count). The minimum Gasteiger partial charge on any atom is -0.490 e. The van der Waals surface area contributed by atoms with Crippen molar-refractivity contribution in [3.05, 3.63) is 83.7 Å². The molecule has 0 spiro atoms. The predicted octanol–water partition coefficient (Wildman–Crippen LogP) is 5.86. The summed E-state index contributed by atoms with van der Waals surface area (Å²) in [6, 6.07) is 19.8. The predicted molar refractivity (Wildman–Crippen MR) is 119 cm³/mol. The van der Waals surface area contributed by atoms with E-state index >= 15 is 0 Å². The van der Waals surface area contributed by atoms with Crippen molar-refractivity contribution < 1.29 is 13.9 Å². The Labute approximate surface area is 177 Å². The molecular formula is C23H20FN3O2S. The molecule has 0 saturated heterocycles.